The van der Waals surface area contributed by atoms with Crippen LogP contribution >= 0.6 is 0 Å². The van der Waals surface area contributed by atoms with Gasteiger partial charge in [0.25, 0.3) is 0 Å². The standard InChI is InChI=1S/C26H26N2O2/c1-18-11-13-20(14-12-18)17-28-26(22-8-6-10-24(16-22)30-4)19(2)25(27-28)21-7-5-9-23(15-21)29-3/h5-16H,17H2,1-4H3. The van der Waals surface area contributed by atoms with Crippen LogP contribution in [0, 0.1) is 13.8 Å². The van der Waals surface area contributed by atoms with Crippen LogP contribution in [0.2, 0.25) is 0 Å². The lowest BCUT2D eigenvalue weighted by molar-refractivity contribution is 0.415. The van der Waals surface area contributed by atoms with Gasteiger partial charge in [0.15, 0.2) is 0 Å². The second-order valence-corrected chi connectivity index (χ2v) is 7.43. The van der Waals surface area contributed by atoms with Crippen molar-refractivity contribution >= 4 is 0 Å². The molecule has 3 aromatic carbocycles. The molecule has 0 amide bonds. The van der Waals surface area contributed by atoms with Crippen molar-refractivity contribution in [2.45, 2.75) is 20.4 Å². The third-order valence-electron chi connectivity index (χ3n) is 5.33. The van der Waals surface area contributed by atoms with Gasteiger partial charge in [-0.3, -0.25) is 4.68 Å². The van der Waals surface area contributed by atoms with Gasteiger partial charge in [0.05, 0.1) is 32.2 Å². The number of methoxy groups -OCH3 is 2. The number of hydrogen-bond acceptors (Lipinski definition) is 3. The van der Waals surface area contributed by atoms with Crippen LogP contribution in [-0.2, 0) is 6.54 Å². The number of benzene rings is 3. The molecular formula is C26H26N2O2. The highest BCUT2D eigenvalue weighted by Gasteiger charge is 2.18. The highest BCUT2D eigenvalue weighted by molar-refractivity contribution is 5.75. The largest absolute Gasteiger partial charge is 0.497 e. The van der Waals surface area contributed by atoms with Crippen LogP contribution in [0.1, 0.15) is 16.7 Å². The van der Waals surface area contributed by atoms with E-state index in [1.807, 2.05) is 30.3 Å². The van der Waals surface area contributed by atoms with Gasteiger partial charge in [-0.25, -0.2) is 0 Å². The minimum absolute atomic E-state index is 0.692. The van der Waals surface area contributed by atoms with Crippen LogP contribution < -0.4 is 9.47 Å². The summed E-state index contributed by atoms with van der Waals surface area (Å²) in [5, 5.41) is 5.03. The molecule has 0 saturated carbocycles. The molecule has 0 N–H and O–H groups in total. The highest BCUT2D eigenvalue weighted by atomic mass is 16.5. The van der Waals surface area contributed by atoms with E-state index < -0.39 is 0 Å². The first-order valence-electron chi connectivity index (χ1n) is 10.0. The lowest BCUT2D eigenvalue weighted by atomic mass is 10.0. The second kappa shape index (κ2) is 8.46. The van der Waals surface area contributed by atoms with Gasteiger partial charge in [-0.05, 0) is 43.7 Å². The van der Waals surface area contributed by atoms with Gasteiger partial charge in [0.2, 0.25) is 0 Å². The summed E-state index contributed by atoms with van der Waals surface area (Å²) in [4.78, 5) is 0. The van der Waals surface area contributed by atoms with Crippen LogP contribution in [0.4, 0.5) is 0 Å². The van der Waals surface area contributed by atoms with Crippen molar-refractivity contribution < 1.29 is 9.47 Å². The van der Waals surface area contributed by atoms with E-state index in [0.717, 1.165) is 39.6 Å². The molecule has 1 heterocycles. The van der Waals surface area contributed by atoms with Crippen molar-refractivity contribution in [1.29, 1.82) is 0 Å². The van der Waals surface area contributed by atoms with Crippen LogP contribution in [0.15, 0.2) is 72.8 Å². The average molecular weight is 399 g/mol. The predicted molar refractivity (Wildman–Crippen MR) is 121 cm³/mol. The quantitative estimate of drug-likeness (QED) is 0.406. The van der Waals surface area contributed by atoms with Crippen molar-refractivity contribution in [3.63, 3.8) is 0 Å². The zero-order valence-electron chi connectivity index (χ0n) is 17.8. The Balaban J connectivity index is 1.86. The molecular weight excluding hydrogens is 372 g/mol. The van der Waals surface area contributed by atoms with Gasteiger partial charge in [0.1, 0.15) is 11.5 Å². The zero-order chi connectivity index (χ0) is 21.1. The fraction of sp³-hybridized carbons (Fsp3) is 0.192. The van der Waals surface area contributed by atoms with E-state index in [2.05, 4.69) is 61.0 Å². The molecule has 4 aromatic rings. The first kappa shape index (κ1) is 19.8. The van der Waals surface area contributed by atoms with E-state index in [1.165, 1.54) is 11.1 Å². The zero-order valence-corrected chi connectivity index (χ0v) is 17.8. The molecule has 0 unspecified atom stereocenters. The van der Waals surface area contributed by atoms with E-state index in [0.29, 0.717) is 6.54 Å². The Bertz CT molecular complexity index is 1160. The smallest absolute Gasteiger partial charge is 0.119 e. The van der Waals surface area contributed by atoms with Gasteiger partial charge in [0, 0.05) is 16.7 Å². The molecule has 0 fully saturated rings. The maximum absolute atomic E-state index is 5.46. The van der Waals surface area contributed by atoms with E-state index in [-0.39, 0.29) is 0 Å². The third kappa shape index (κ3) is 3.94. The molecule has 0 aliphatic carbocycles. The Morgan fingerprint density at radius 3 is 2.00 bits per heavy atom. The maximum Gasteiger partial charge on any atom is 0.119 e. The number of nitrogens with zero attached hydrogens (tertiary/aromatic N) is 2. The molecule has 30 heavy (non-hydrogen) atoms. The Labute approximate surface area is 177 Å². The first-order chi connectivity index (χ1) is 14.6. The highest BCUT2D eigenvalue weighted by Crippen LogP contribution is 2.34. The van der Waals surface area contributed by atoms with Gasteiger partial charge in [-0.15, -0.1) is 0 Å². The summed E-state index contributed by atoms with van der Waals surface area (Å²) < 4.78 is 13.0. The first-order valence-corrected chi connectivity index (χ1v) is 10.0. The Morgan fingerprint density at radius 2 is 1.37 bits per heavy atom. The van der Waals surface area contributed by atoms with Crippen molar-refractivity contribution in [2.24, 2.45) is 0 Å². The normalized spacial score (nSPS) is 10.8. The molecule has 1 aromatic heterocycles. The molecule has 0 aliphatic heterocycles. The van der Waals surface area contributed by atoms with Crippen LogP contribution in [0.5, 0.6) is 11.5 Å². The number of aromatic nitrogens is 2. The minimum atomic E-state index is 0.692. The van der Waals surface area contributed by atoms with Gasteiger partial charge in [-0.2, -0.15) is 5.10 Å². The predicted octanol–water partition coefficient (Wildman–Crippen LogP) is 5.90. The van der Waals surface area contributed by atoms with E-state index in [9.17, 15) is 0 Å². The third-order valence-corrected chi connectivity index (χ3v) is 5.33. The molecule has 4 nitrogen and oxygen atoms in total. The fourth-order valence-electron chi connectivity index (χ4n) is 3.71. The molecule has 0 aliphatic rings. The summed E-state index contributed by atoms with van der Waals surface area (Å²) in [5.41, 5.74) is 7.76. The van der Waals surface area contributed by atoms with Crippen LogP contribution in [-0.4, -0.2) is 24.0 Å². The van der Waals surface area contributed by atoms with E-state index in [1.54, 1.807) is 14.2 Å². The van der Waals surface area contributed by atoms with Crippen LogP contribution in [0.25, 0.3) is 22.5 Å². The molecule has 4 rings (SSSR count). The lowest BCUT2D eigenvalue weighted by Gasteiger charge is -2.10. The number of hydrogen-bond donors (Lipinski definition) is 0. The average Bonchev–Trinajstić information content (AvgIpc) is 3.11. The molecule has 0 spiro atoms. The summed E-state index contributed by atoms with van der Waals surface area (Å²) in [7, 11) is 3.38. The minimum Gasteiger partial charge on any atom is -0.497 e. The molecule has 0 atom stereocenters. The summed E-state index contributed by atoms with van der Waals surface area (Å²) in [6.07, 6.45) is 0. The van der Waals surface area contributed by atoms with Crippen molar-refractivity contribution in [1.82, 2.24) is 9.78 Å². The molecule has 4 heteroatoms. The van der Waals surface area contributed by atoms with Gasteiger partial charge in [-0.1, -0.05) is 54.1 Å². The van der Waals surface area contributed by atoms with Crippen molar-refractivity contribution in [3.05, 3.63) is 89.5 Å². The van der Waals surface area contributed by atoms with Gasteiger partial charge >= 0.3 is 0 Å². The Morgan fingerprint density at radius 1 is 0.767 bits per heavy atom. The van der Waals surface area contributed by atoms with E-state index in [4.69, 9.17) is 14.6 Å². The van der Waals surface area contributed by atoms with Crippen LogP contribution in [0.3, 0.4) is 0 Å². The monoisotopic (exact) mass is 398 g/mol. The lowest BCUT2D eigenvalue weighted by Crippen LogP contribution is -2.04. The number of aryl methyl sites for hydroxylation is 1. The second-order valence-electron chi connectivity index (χ2n) is 7.43. The molecule has 0 radical (unpaired) electrons. The van der Waals surface area contributed by atoms with Crippen molar-refractivity contribution in [2.75, 3.05) is 14.2 Å². The summed E-state index contributed by atoms with van der Waals surface area (Å²) in [6.45, 7) is 4.92. The van der Waals surface area contributed by atoms with Crippen molar-refractivity contribution in [3.8, 4) is 34.0 Å². The molecule has 0 bridgehead atoms. The fourth-order valence-corrected chi connectivity index (χ4v) is 3.71. The number of rotatable bonds is 6. The van der Waals surface area contributed by atoms with Gasteiger partial charge < -0.3 is 9.47 Å². The summed E-state index contributed by atoms with van der Waals surface area (Å²) in [5.74, 6) is 1.65. The Hall–Kier alpha value is -3.53. The topological polar surface area (TPSA) is 36.3 Å². The molecule has 0 saturated heterocycles. The number of ether oxygens (including phenoxy) is 2. The molecule has 152 valence electrons. The Kier molecular flexibility index (Phi) is 5.57. The summed E-state index contributed by atoms with van der Waals surface area (Å²) in [6, 6.07) is 24.8. The summed E-state index contributed by atoms with van der Waals surface area (Å²) >= 11 is 0. The SMILES string of the molecule is COc1cccc(-c2nn(Cc3ccc(C)cc3)c(-c3cccc(OC)c3)c2C)c1. The van der Waals surface area contributed by atoms with E-state index >= 15 is 0 Å². The maximum atomic E-state index is 5.46.